The van der Waals surface area contributed by atoms with Crippen LogP contribution in [0.2, 0.25) is 0 Å². The molecule has 0 bridgehead atoms. The van der Waals surface area contributed by atoms with E-state index in [9.17, 15) is 18.3 Å². The lowest BCUT2D eigenvalue weighted by atomic mass is 10.1. The number of ether oxygens (including phenoxy) is 2. The van der Waals surface area contributed by atoms with Gasteiger partial charge in [-0.3, -0.25) is 9.10 Å². The first-order chi connectivity index (χ1) is 17.6. The summed E-state index contributed by atoms with van der Waals surface area (Å²) < 4.78 is 39.7. The van der Waals surface area contributed by atoms with Crippen molar-refractivity contribution in [1.82, 2.24) is 0 Å². The zero-order chi connectivity index (χ0) is 26.9. The highest BCUT2D eigenvalue weighted by atomic mass is 32.2. The van der Waals surface area contributed by atoms with Crippen LogP contribution in [0.4, 0.5) is 11.4 Å². The smallest absolute Gasteiger partial charge is 0.324 e. The van der Waals surface area contributed by atoms with Crippen LogP contribution < -0.4 is 18.7 Å². The molecule has 1 heterocycles. The Hall–Kier alpha value is -3.72. The zero-order valence-corrected chi connectivity index (χ0v) is 22.6. The molecule has 9 heteroatoms. The summed E-state index contributed by atoms with van der Waals surface area (Å²) in [7, 11) is -0.958. The normalized spacial score (nSPS) is 12.8. The maximum atomic E-state index is 13.9. The van der Waals surface area contributed by atoms with Crippen LogP contribution in [0, 0.1) is 20.8 Å². The van der Waals surface area contributed by atoms with E-state index < -0.39 is 22.5 Å². The van der Waals surface area contributed by atoms with Crippen molar-refractivity contribution >= 4 is 27.4 Å². The van der Waals surface area contributed by atoms with Gasteiger partial charge in [0.2, 0.25) is 0 Å². The molecule has 0 fully saturated rings. The highest BCUT2D eigenvalue weighted by Crippen LogP contribution is 2.39. The first-order valence-electron chi connectivity index (χ1n) is 12.0. The standard InChI is InChI=1S/C28H32N2O6S/c1-18-13-19(2)28(20(3)14-18)37(33,34)30(17-27(31)32)24-8-6-7-23-22(24)11-12-29(23)16-21-9-10-25(35-4)26(15-21)36-5/h6-10,13-15H,11-12,16-17H2,1-5H3,(H,31,32). The van der Waals surface area contributed by atoms with Gasteiger partial charge in [0.25, 0.3) is 10.0 Å². The van der Waals surface area contributed by atoms with Gasteiger partial charge in [-0.2, -0.15) is 0 Å². The third-order valence-corrected chi connectivity index (χ3v) is 8.69. The van der Waals surface area contributed by atoms with Gasteiger partial charge in [-0.15, -0.1) is 0 Å². The molecular formula is C28H32N2O6S. The van der Waals surface area contributed by atoms with Crippen LogP contribution in [0.3, 0.4) is 0 Å². The predicted octanol–water partition coefficient (Wildman–Crippen LogP) is 4.47. The van der Waals surface area contributed by atoms with E-state index in [1.54, 1.807) is 52.3 Å². The maximum Gasteiger partial charge on any atom is 0.324 e. The quantitative estimate of drug-likeness (QED) is 0.441. The number of benzene rings is 3. The monoisotopic (exact) mass is 524 g/mol. The minimum absolute atomic E-state index is 0.150. The fourth-order valence-corrected chi connectivity index (χ4v) is 7.05. The third-order valence-electron chi connectivity index (χ3n) is 6.62. The second kappa shape index (κ2) is 10.3. The summed E-state index contributed by atoms with van der Waals surface area (Å²) in [6, 6.07) is 14.8. The van der Waals surface area contributed by atoms with E-state index in [4.69, 9.17) is 9.47 Å². The SMILES string of the molecule is COc1ccc(CN2CCc3c2cccc3N(CC(=O)O)S(=O)(=O)c2c(C)cc(C)cc2C)cc1OC. The summed E-state index contributed by atoms with van der Waals surface area (Å²) in [6.45, 7) is 5.98. The number of carboxylic acid groups (broad SMARTS) is 1. The molecule has 0 saturated carbocycles. The van der Waals surface area contributed by atoms with Crippen LogP contribution in [-0.2, 0) is 27.8 Å². The van der Waals surface area contributed by atoms with Gasteiger partial charge in [-0.05, 0) is 68.1 Å². The van der Waals surface area contributed by atoms with Crippen molar-refractivity contribution in [2.45, 2.75) is 38.6 Å². The van der Waals surface area contributed by atoms with Crippen LogP contribution in [0.1, 0.15) is 27.8 Å². The molecule has 37 heavy (non-hydrogen) atoms. The molecule has 3 aromatic rings. The Morgan fingerprint density at radius 1 is 1.00 bits per heavy atom. The molecule has 0 aromatic heterocycles. The number of methoxy groups -OCH3 is 2. The zero-order valence-electron chi connectivity index (χ0n) is 21.7. The van der Waals surface area contributed by atoms with Crippen molar-refractivity contribution in [2.75, 3.05) is 36.5 Å². The largest absolute Gasteiger partial charge is 0.493 e. The summed E-state index contributed by atoms with van der Waals surface area (Å²) >= 11 is 0. The fraction of sp³-hybridized carbons (Fsp3) is 0.321. The Balaban J connectivity index is 1.75. The number of carboxylic acids is 1. The topological polar surface area (TPSA) is 96.4 Å². The Morgan fingerprint density at radius 3 is 2.30 bits per heavy atom. The Kier molecular flexibility index (Phi) is 7.36. The molecule has 0 spiro atoms. The number of hydrogen-bond acceptors (Lipinski definition) is 6. The molecule has 0 aliphatic carbocycles. The van der Waals surface area contributed by atoms with Crippen molar-refractivity contribution in [1.29, 1.82) is 0 Å². The van der Waals surface area contributed by atoms with E-state index in [1.807, 2.05) is 31.2 Å². The first-order valence-corrected chi connectivity index (χ1v) is 13.4. The molecule has 1 N–H and O–H groups in total. The number of rotatable bonds is 9. The number of carbonyl (C=O) groups is 1. The number of nitrogens with zero attached hydrogens (tertiary/aromatic N) is 2. The number of aliphatic carboxylic acids is 1. The third kappa shape index (κ3) is 5.09. The van der Waals surface area contributed by atoms with Crippen LogP contribution in [-0.4, -0.2) is 46.8 Å². The van der Waals surface area contributed by atoms with E-state index >= 15 is 0 Å². The lowest BCUT2D eigenvalue weighted by Crippen LogP contribution is -2.37. The average molecular weight is 525 g/mol. The van der Waals surface area contributed by atoms with Crippen LogP contribution in [0.15, 0.2) is 53.4 Å². The van der Waals surface area contributed by atoms with E-state index in [0.717, 1.165) is 26.7 Å². The van der Waals surface area contributed by atoms with Crippen molar-refractivity contribution in [2.24, 2.45) is 0 Å². The second-order valence-electron chi connectivity index (χ2n) is 9.27. The predicted molar refractivity (Wildman–Crippen MR) is 144 cm³/mol. The minimum atomic E-state index is -4.14. The fourth-order valence-electron chi connectivity index (χ4n) is 5.19. The molecule has 1 aliphatic rings. The average Bonchev–Trinajstić information content (AvgIpc) is 3.24. The number of aryl methyl sites for hydroxylation is 3. The van der Waals surface area contributed by atoms with E-state index in [0.29, 0.717) is 47.8 Å². The summed E-state index contributed by atoms with van der Waals surface area (Å²) in [5.74, 6) is 0.0612. The van der Waals surface area contributed by atoms with Gasteiger partial charge in [0.1, 0.15) is 6.54 Å². The van der Waals surface area contributed by atoms with Gasteiger partial charge in [-0.25, -0.2) is 8.42 Å². The minimum Gasteiger partial charge on any atom is -0.493 e. The number of sulfonamides is 1. The van der Waals surface area contributed by atoms with E-state index in [-0.39, 0.29) is 4.90 Å². The molecule has 1 aliphatic heterocycles. The van der Waals surface area contributed by atoms with Crippen molar-refractivity contribution < 1.29 is 27.8 Å². The van der Waals surface area contributed by atoms with Crippen molar-refractivity contribution in [3.05, 3.63) is 76.3 Å². The van der Waals surface area contributed by atoms with Gasteiger partial charge in [0, 0.05) is 24.3 Å². The number of fused-ring (bicyclic) bond motifs is 1. The van der Waals surface area contributed by atoms with E-state index in [1.165, 1.54) is 0 Å². The molecule has 0 saturated heterocycles. The maximum absolute atomic E-state index is 13.9. The van der Waals surface area contributed by atoms with Gasteiger partial charge < -0.3 is 19.5 Å². The Bertz CT molecular complexity index is 1430. The molecule has 0 unspecified atom stereocenters. The van der Waals surface area contributed by atoms with Gasteiger partial charge in [-0.1, -0.05) is 29.8 Å². The van der Waals surface area contributed by atoms with Crippen molar-refractivity contribution in [3.8, 4) is 11.5 Å². The molecule has 196 valence electrons. The lowest BCUT2D eigenvalue weighted by molar-refractivity contribution is -0.135. The van der Waals surface area contributed by atoms with Crippen LogP contribution in [0.5, 0.6) is 11.5 Å². The number of hydrogen-bond donors (Lipinski definition) is 1. The highest BCUT2D eigenvalue weighted by Gasteiger charge is 2.34. The first kappa shape index (κ1) is 26.3. The molecule has 8 nitrogen and oxygen atoms in total. The van der Waals surface area contributed by atoms with Gasteiger partial charge in [0.05, 0.1) is 24.8 Å². The Morgan fingerprint density at radius 2 is 1.68 bits per heavy atom. The lowest BCUT2D eigenvalue weighted by Gasteiger charge is -2.27. The van der Waals surface area contributed by atoms with Gasteiger partial charge >= 0.3 is 5.97 Å². The molecule has 0 atom stereocenters. The summed E-state index contributed by atoms with van der Waals surface area (Å²) in [6.07, 6.45) is 0.594. The molecule has 0 amide bonds. The number of anilines is 2. The molecule has 0 radical (unpaired) electrons. The van der Waals surface area contributed by atoms with Crippen LogP contribution >= 0.6 is 0 Å². The van der Waals surface area contributed by atoms with Crippen molar-refractivity contribution in [3.63, 3.8) is 0 Å². The summed E-state index contributed by atoms with van der Waals surface area (Å²) in [4.78, 5) is 14.2. The second-order valence-corrected chi connectivity index (χ2v) is 11.1. The molecule has 4 rings (SSSR count). The van der Waals surface area contributed by atoms with Crippen LogP contribution in [0.25, 0.3) is 0 Å². The summed E-state index contributed by atoms with van der Waals surface area (Å²) in [5, 5.41) is 9.69. The van der Waals surface area contributed by atoms with Gasteiger partial charge in [0.15, 0.2) is 11.5 Å². The molecular weight excluding hydrogens is 492 g/mol. The highest BCUT2D eigenvalue weighted by molar-refractivity contribution is 7.93. The molecule has 3 aromatic carbocycles. The summed E-state index contributed by atoms with van der Waals surface area (Å²) in [5.41, 5.74) is 5.24. The Labute approximate surface area is 218 Å². The van der Waals surface area contributed by atoms with E-state index in [2.05, 4.69) is 4.90 Å².